The topological polar surface area (TPSA) is 76.3 Å². The number of fused-ring (bicyclic) bond motifs is 1. The quantitative estimate of drug-likeness (QED) is 0.388. The van der Waals surface area contributed by atoms with Crippen molar-refractivity contribution in [2.75, 3.05) is 11.4 Å². The first-order valence-electron chi connectivity index (χ1n) is 7.54. The zero-order valence-corrected chi connectivity index (χ0v) is 14.3. The molecule has 1 amide bonds. The van der Waals surface area contributed by atoms with Crippen LogP contribution >= 0.6 is 11.3 Å². The monoisotopic (exact) mass is 353 g/mol. The third-order valence-electron chi connectivity index (χ3n) is 3.71. The van der Waals surface area contributed by atoms with Gasteiger partial charge in [-0.1, -0.05) is 29.5 Å². The lowest BCUT2D eigenvalue weighted by atomic mass is 10.1. The minimum Gasteiger partial charge on any atom is -0.280 e. The highest BCUT2D eigenvalue weighted by atomic mass is 32.1. The van der Waals surface area contributed by atoms with Crippen LogP contribution < -0.4 is 4.90 Å². The van der Waals surface area contributed by atoms with Crippen molar-refractivity contribution in [3.63, 3.8) is 0 Å². The van der Waals surface area contributed by atoms with E-state index in [1.807, 2.05) is 24.3 Å². The molecule has 25 heavy (non-hydrogen) atoms. The van der Waals surface area contributed by atoms with Crippen LogP contribution in [-0.2, 0) is 0 Å². The minimum atomic E-state index is -0.460. The van der Waals surface area contributed by atoms with Crippen molar-refractivity contribution in [1.29, 1.82) is 0 Å². The van der Waals surface area contributed by atoms with Crippen LogP contribution in [0.25, 0.3) is 10.2 Å². The predicted octanol–water partition coefficient (Wildman–Crippen LogP) is 4.35. The number of thiazole rings is 1. The van der Waals surface area contributed by atoms with Gasteiger partial charge in [-0.3, -0.25) is 19.8 Å². The molecule has 0 fully saturated rings. The number of anilines is 1. The number of para-hydroxylation sites is 1. The Morgan fingerprint density at radius 1 is 1.36 bits per heavy atom. The summed E-state index contributed by atoms with van der Waals surface area (Å²) in [6.45, 7) is 5.62. The van der Waals surface area contributed by atoms with E-state index in [-0.39, 0.29) is 11.6 Å². The summed E-state index contributed by atoms with van der Waals surface area (Å²) in [7, 11) is 0. The first-order chi connectivity index (χ1) is 12.0. The van der Waals surface area contributed by atoms with Gasteiger partial charge in [0, 0.05) is 23.7 Å². The highest BCUT2D eigenvalue weighted by molar-refractivity contribution is 7.22. The molecule has 0 aliphatic carbocycles. The molecule has 3 aromatic rings. The molecule has 0 aliphatic heterocycles. The third kappa shape index (κ3) is 3.27. The Hall–Kier alpha value is -3.06. The van der Waals surface area contributed by atoms with Crippen LogP contribution in [0.5, 0.6) is 0 Å². The molecule has 0 atom stereocenters. The number of carbonyl (C=O) groups is 1. The summed E-state index contributed by atoms with van der Waals surface area (Å²) in [5, 5.41) is 11.5. The van der Waals surface area contributed by atoms with Gasteiger partial charge in [0.2, 0.25) is 0 Å². The molecule has 6 nitrogen and oxygen atoms in total. The summed E-state index contributed by atoms with van der Waals surface area (Å²) < 4.78 is 0.985. The SMILES string of the molecule is C=CCN(C(=O)c1ccc([N+](=O)[O-])c(C)c1)c1nc2ccccc2s1. The Bertz CT molecular complexity index is 948. The standard InChI is InChI=1S/C18H15N3O3S/c1-3-10-20(18-19-14-6-4-5-7-16(14)25-18)17(22)13-8-9-15(21(23)24)12(2)11-13/h3-9,11H,1,10H2,2H3. The first-order valence-corrected chi connectivity index (χ1v) is 8.36. The van der Waals surface area contributed by atoms with Crippen molar-refractivity contribution in [3.05, 3.63) is 76.4 Å². The average Bonchev–Trinajstić information content (AvgIpc) is 3.02. The van der Waals surface area contributed by atoms with Gasteiger partial charge < -0.3 is 0 Å². The van der Waals surface area contributed by atoms with Gasteiger partial charge >= 0.3 is 0 Å². The lowest BCUT2D eigenvalue weighted by Crippen LogP contribution is -2.31. The van der Waals surface area contributed by atoms with Crippen LogP contribution in [-0.4, -0.2) is 22.4 Å². The van der Waals surface area contributed by atoms with Crippen molar-refractivity contribution in [3.8, 4) is 0 Å². The molecule has 126 valence electrons. The molecule has 0 aliphatic rings. The van der Waals surface area contributed by atoms with Crippen LogP contribution in [0.2, 0.25) is 0 Å². The van der Waals surface area contributed by atoms with Gasteiger partial charge in [0.1, 0.15) is 0 Å². The van der Waals surface area contributed by atoms with E-state index >= 15 is 0 Å². The van der Waals surface area contributed by atoms with Gasteiger partial charge in [0.15, 0.2) is 5.13 Å². The number of benzene rings is 2. The van der Waals surface area contributed by atoms with E-state index in [4.69, 9.17) is 0 Å². The van der Waals surface area contributed by atoms with Gasteiger partial charge in [0.25, 0.3) is 11.6 Å². The lowest BCUT2D eigenvalue weighted by Gasteiger charge is -2.18. The third-order valence-corrected chi connectivity index (χ3v) is 4.77. The fourth-order valence-corrected chi connectivity index (χ4v) is 3.47. The van der Waals surface area contributed by atoms with E-state index in [2.05, 4.69) is 11.6 Å². The highest BCUT2D eigenvalue weighted by Gasteiger charge is 2.22. The summed E-state index contributed by atoms with van der Waals surface area (Å²) >= 11 is 1.42. The Labute approximate surface area is 148 Å². The second-order valence-electron chi connectivity index (χ2n) is 5.43. The molecule has 7 heteroatoms. The van der Waals surface area contributed by atoms with E-state index in [1.54, 1.807) is 13.0 Å². The molecule has 2 aromatic carbocycles. The molecule has 3 rings (SSSR count). The summed E-state index contributed by atoms with van der Waals surface area (Å²) in [6.07, 6.45) is 1.63. The zero-order valence-electron chi connectivity index (χ0n) is 13.5. The largest absolute Gasteiger partial charge is 0.280 e. The molecular formula is C18H15N3O3S. The van der Waals surface area contributed by atoms with E-state index in [0.29, 0.717) is 22.8 Å². The smallest absolute Gasteiger partial charge is 0.272 e. The molecule has 0 radical (unpaired) electrons. The van der Waals surface area contributed by atoms with Crippen LogP contribution in [0.1, 0.15) is 15.9 Å². The van der Waals surface area contributed by atoms with Crippen molar-refractivity contribution < 1.29 is 9.72 Å². The number of hydrogen-bond acceptors (Lipinski definition) is 5. The van der Waals surface area contributed by atoms with Crippen LogP contribution in [0.3, 0.4) is 0 Å². The molecule has 1 heterocycles. The van der Waals surface area contributed by atoms with E-state index < -0.39 is 4.92 Å². The van der Waals surface area contributed by atoms with Crippen molar-refractivity contribution in [2.24, 2.45) is 0 Å². The predicted molar refractivity (Wildman–Crippen MR) is 99.3 cm³/mol. The van der Waals surface area contributed by atoms with Gasteiger partial charge in [-0.25, -0.2) is 4.98 Å². The molecule has 0 bridgehead atoms. The van der Waals surface area contributed by atoms with Gasteiger partial charge in [-0.05, 0) is 31.2 Å². The summed E-state index contributed by atoms with van der Waals surface area (Å²) in [6, 6.07) is 12.0. The highest BCUT2D eigenvalue weighted by Crippen LogP contribution is 2.30. The Morgan fingerprint density at radius 3 is 2.76 bits per heavy atom. The van der Waals surface area contributed by atoms with Crippen molar-refractivity contribution in [2.45, 2.75) is 6.92 Å². The molecule has 0 spiro atoms. The molecule has 1 aromatic heterocycles. The van der Waals surface area contributed by atoms with Crippen molar-refractivity contribution in [1.82, 2.24) is 4.98 Å². The molecular weight excluding hydrogens is 338 g/mol. The number of nitro benzene ring substituents is 1. The Kier molecular flexibility index (Phi) is 4.58. The number of aryl methyl sites for hydroxylation is 1. The Balaban J connectivity index is 2.00. The maximum absolute atomic E-state index is 12.9. The fraction of sp³-hybridized carbons (Fsp3) is 0.111. The number of carbonyl (C=O) groups excluding carboxylic acids is 1. The number of hydrogen-bond donors (Lipinski definition) is 0. The van der Waals surface area contributed by atoms with E-state index in [1.165, 1.54) is 34.4 Å². The van der Waals surface area contributed by atoms with E-state index in [0.717, 1.165) is 10.2 Å². The van der Waals surface area contributed by atoms with E-state index in [9.17, 15) is 14.9 Å². The summed E-state index contributed by atoms with van der Waals surface area (Å²) in [4.78, 5) is 29.4. The lowest BCUT2D eigenvalue weighted by molar-refractivity contribution is -0.385. The average molecular weight is 353 g/mol. The van der Waals surface area contributed by atoms with Crippen LogP contribution in [0.15, 0.2) is 55.1 Å². The van der Waals surface area contributed by atoms with Gasteiger partial charge in [-0.15, -0.1) is 6.58 Å². The maximum Gasteiger partial charge on any atom is 0.272 e. The fourth-order valence-electron chi connectivity index (χ4n) is 2.50. The number of nitrogens with zero attached hydrogens (tertiary/aromatic N) is 3. The van der Waals surface area contributed by atoms with Crippen molar-refractivity contribution >= 4 is 38.3 Å². The number of nitro groups is 1. The molecule has 0 saturated carbocycles. The summed E-state index contributed by atoms with van der Waals surface area (Å²) in [5.41, 5.74) is 1.64. The van der Waals surface area contributed by atoms with Gasteiger partial charge in [0.05, 0.1) is 15.1 Å². The maximum atomic E-state index is 12.9. The second-order valence-corrected chi connectivity index (χ2v) is 6.44. The molecule has 0 saturated heterocycles. The van der Waals surface area contributed by atoms with Crippen LogP contribution in [0, 0.1) is 17.0 Å². The Morgan fingerprint density at radius 2 is 2.12 bits per heavy atom. The normalized spacial score (nSPS) is 10.6. The zero-order chi connectivity index (χ0) is 18.0. The number of aromatic nitrogens is 1. The van der Waals surface area contributed by atoms with Gasteiger partial charge in [-0.2, -0.15) is 0 Å². The number of rotatable bonds is 5. The molecule has 0 unspecified atom stereocenters. The van der Waals surface area contributed by atoms with Crippen LogP contribution in [0.4, 0.5) is 10.8 Å². The first kappa shape index (κ1) is 16.8. The molecule has 0 N–H and O–H groups in total. The minimum absolute atomic E-state index is 0.00759. The summed E-state index contributed by atoms with van der Waals surface area (Å²) in [5.74, 6) is -0.267. The second kappa shape index (κ2) is 6.82. The number of amides is 1.